The molecule has 0 spiro atoms. The van der Waals surface area contributed by atoms with E-state index in [-0.39, 0.29) is 18.0 Å². The van der Waals surface area contributed by atoms with Crippen LogP contribution in [0.4, 0.5) is 0 Å². The topological polar surface area (TPSA) is 46.1 Å². The van der Waals surface area contributed by atoms with Crippen molar-refractivity contribution in [3.8, 4) is 0 Å². The molecule has 1 aromatic carbocycles. The average molecular weight is 293 g/mol. The molecule has 1 fully saturated rings. The summed E-state index contributed by atoms with van der Waals surface area (Å²) in [5, 5.41) is 0. The number of carbonyl (C=O) groups is 1. The molecule has 2 aliphatic heterocycles. The maximum Gasteiger partial charge on any atom is 0.254 e. The van der Waals surface area contributed by atoms with E-state index >= 15 is 0 Å². The summed E-state index contributed by atoms with van der Waals surface area (Å²) in [6.45, 7) is 3.94. The summed E-state index contributed by atoms with van der Waals surface area (Å²) >= 11 is 0. The van der Waals surface area contributed by atoms with Crippen LogP contribution in [-0.4, -0.2) is 26.8 Å². The Hall–Kier alpha value is -2.23. The number of rotatable bonds is 1. The van der Waals surface area contributed by atoms with Gasteiger partial charge >= 0.3 is 0 Å². The first-order valence-electron chi connectivity index (χ1n) is 7.85. The molecule has 3 heterocycles. The summed E-state index contributed by atoms with van der Waals surface area (Å²) in [7, 11) is 0. The minimum Gasteiger partial charge on any atom is -0.328 e. The van der Waals surface area contributed by atoms with Gasteiger partial charge in [-0.15, -0.1) is 0 Å². The van der Waals surface area contributed by atoms with E-state index in [4.69, 9.17) is 0 Å². The van der Waals surface area contributed by atoms with Crippen molar-refractivity contribution in [1.82, 2.24) is 14.9 Å². The molecule has 1 aromatic heterocycles. The second-order valence-electron chi connectivity index (χ2n) is 6.35. The number of fused-ring (bicyclic) bond motifs is 4. The molecule has 2 atom stereocenters. The van der Waals surface area contributed by atoms with Crippen molar-refractivity contribution in [2.75, 3.05) is 0 Å². The first-order valence-corrected chi connectivity index (χ1v) is 7.85. The van der Waals surface area contributed by atoms with Gasteiger partial charge in [-0.25, -0.2) is 9.97 Å². The highest BCUT2D eigenvalue weighted by atomic mass is 16.2. The Bertz CT molecular complexity index is 756. The largest absolute Gasteiger partial charge is 0.328 e. The van der Waals surface area contributed by atoms with E-state index < -0.39 is 0 Å². The Labute approximate surface area is 130 Å². The van der Waals surface area contributed by atoms with Crippen molar-refractivity contribution in [3.63, 3.8) is 0 Å². The molecule has 2 aliphatic rings. The van der Waals surface area contributed by atoms with Crippen LogP contribution in [0, 0.1) is 13.8 Å². The lowest BCUT2D eigenvalue weighted by Crippen LogP contribution is -2.42. The van der Waals surface area contributed by atoms with Crippen LogP contribution in [0.15, 0.2) is 30.5 Å². The fourth-order valence-corrected chi connectivity index (χ4v) is 3.81. The zero-order valence-corrected chi connectivity index (χ0v) is 12.9. The average Bonchev–Trinajstić information content (AvgIpc) is 2.81. The lowest BCUT2D eigenvalue weighted by molar-refractivity contribution is 0.0643. The molecule has 0 N–H and O–H groups in total. The number of amides is 1. The quantitative estimate of drug-likeness (QED) is 0.812. The highest BCUT2D eigenvalue weighted by Crippen LogP contribution is 2.43. The Morgan fingerprint density at radius 2 is 2.14 bits per heavy atom. The number of hydrogen-bond acceptors (Lipinski definition) is 3. The third-order valence-electron chi connectivity index (χ3n) is 4.81. The molecule has 2 aromatic rings. The Morgan fingerprint density at radius 1 is 1.27 bits per heavy atom. The van der Waals surface area contributed by atoms with E-state index in [1.54, 1.807) is 0 Å². The molecular weight excluding hydrogens is 274 g/mol. The van der Waals surface area contributed by atoms with Gasteiger partial charge in [-0.1, -0.05) is 17.7 Å². The third-order valence-corrected chi connectivity index (χ3v) is 4.81. The first-order chi connectivity index (χ1) is 10.6. The molecule has 112 valence electrons. The van der Waals surface area contributed by atoms with E-state index in [1.165, 1.54) is 0 Å². The molecule has 0 saturated carbocycles. The lowest BCUT2D eigenvalue weighted by Gasteiger charge is -2.35. The molecular formula is C18H19N3O. The summed E-state index contributed by atoms with van der Waals surface area (Å²) in [5.41, 5.74) is 4.18. The van der Waals surface area contributed by atoms with Gasteiger partial charge in [0.05, 0.1) is 11.7 Å². The number of aryl methyl sites for hydroxylation is 2. The minimum absolute atomic E-state index is 0.141. The number of hydrogen-bond donors (Lipinski definition) is 0. The summed E-state index contributed by atoms with van der Waals surface area (Å²) in [5.74, 6) is 0.957. The van der Waals surface area contributed by atoms with Crippen molar-refractivity contribution >= 4 is 5.91 Å². The summed E-state index contributed by atoms with van der Waals surface area (Å²) in [4.78, 5) is 24.0. The predicted molar refractivity (Wildman–Crippen MR) is 83.6 cm³/mol. The van der Waals surface area contributed by atoms with Gasteiger partial charge in [0.15, 0.2) is 0 Å². The van der Waals surface area contributed by atoms with Crippen LogP contribution in [0.1, 0.15) is 51.9 Å². The van der Waals surface area contributed by atoms with Gasteiger partial charge in [-0.05, 0) is 38.8 Å². The van der Waals surface area contributed by atoms with Crippen molar-refractivity contribution in [2.45, 2.75) is 45.2 Å². The van der Waals surface area contributed by atoms with Gasteiger partial charge in [0.25, 0.3) is 5.91 Å². The highest BCUT2D eigenvalue weighted by Gasteiger charge is 2.43. The maximum atomic E-state index is 13.0. The zero-order valence-electron chi connectivity index (χ0n) is 12.9. The Balaban J connectivity index is 1.72. The van der Waals surface area contributed by atoms with Crippen molar-refractivity contribution in [3.05, 3.63) is 58.7 Å². The van der Waals surface area contributed by atoms with Crippen LogP contribution in [-0.2, 0) is 6.42 Å². The molecule has 1 amide bonds. The molecule has 4 rings (SSSR count). The standard InChI is InChI=1S/C18H19N3O/c1-11-4-3-5-13(8-11)18(22)21-14-6-7-17(21)15-10-19-12(2)20-16(15)9-14/h3-5,8,10,14,17H,6-7,9H2,1-2H3. The number of carbonyl (C=O) groups excluding carboxylic acids is 1. The molecule has 4 nitrogen and oxygen atoms in total. The number of nitrogens with zero attached hydrogens (tertiary/aromatic N) is 3. The van der Waals surface area contributed by atoms with Gasteiger partial charge < -0.3 is 4.90 Å². The second kappa shape index (κ2) is 4.90. The maximum absolute atomic E-state index is 13.0. The monoisotopic (exact) mass is 293 g/mol. The Kier molecular flexibility index (Phi) is 2.99. The summed E-state index contributed by atoms with van der Waals surface area (Å²) < 4.78 is 0. The second-order valence-corrected chi connectivity index (χ2v) is 6.35. The van der Waals surface area contributed by atoms with Crippen LogP contribution in [0.3, 0.4) is 0 Å². The van der Waals surface area contributed by atoms with Crippen LogP contribution in [0.25, 0.3) is 0 Å². The molecule has 2 bridgehead atoms. The van der Waals surface area contributed by atoms with Gasteiger partial charge in [-0.3, -0.25) is 4.79 Å². The van der Waals surface area contributed by atoms with Crippen LogP contribution >= 0.6 is 0 Å². The Morgan fingerprint density at radius 3 is 2.95 bits per heavy atom. The molecule has 0 aliphatic carbocycles. The zero-order chi connectivity index (χ0) is 15.3. The number of benzene rings is 1. The van der Waals surface area contributed by atoms with E-state index in [2.05, 4.69) is 14.9 Å². The SMILES string of the molecule is Cc1cccc(C(=O)N2C3CCC2c2cnc(C)nc2C3)c1. The predicted octanol–water partition coefficient (Wildman–Crippen LogP) is 3.00. The van der Waals surface area contributed by atoms with Gasteiger partial charge in [0.1, 0.15) is 5.82 Å². The molecule has 4 heteroatoms. The molecule has 2 unspecified atom stereocenters. The van der Waals surface area contributed by atoms with E-state index in [1.807, 2.05) is 44.3 Å². The lowest BCUT2D eigenvalue weighted by atomic mass is 9.98. The molecule has 1 saturated heterocycles. The van der Waals surface area contributed by atoms with Crippen molar-refractivity contribution in [2.24, 2.45) is 0 Å². The minimum atomic E-state index is 0.141. The normalized spacial score (nSPS) is 22.5. The highest BCUT2D eigenvalue weighted by molar-refractivity contribution is 5.95. The smallest absolute Gasteiger partial charge is 0.254 e. The van der Waals surface area contributed by atoms with Crippen LogP contribution in [0.2, 0.25) is 0 Å². The van der Waals surface area contributed by atoms with Crippen LogP contribution < -0.4 is 0 Å². The van der Waals surface area contributed by atoms with Gasteiger partial charge in [0, 0.05) is 29.8 Å². The van der Waals surface area contributed by atoms with E-state index in [0.29, 0.717) is 0 Å². The fraction of sp³-hybridized carbons (Fsp3) is 0.389. The first kappa shape index (κ1) is 13.4. The summed E-state index contributed by atoms with van der Waals surface area (Å²) in [6.07, 6.45) is 4.84. The van der Waals surface area contributed by atoms with Gasteiger partial charge in [0.2, 0.25) is 0 Å². The summed E-state index contributed by atoms with van der Waals surface area (Å²) in [6, 6.07) is 8.28. The third kappa shape index (κ3) is 2.02. The van der Waals surface area contributed by atoms with Crippen LogP contribution in [0.5, 0.6) is 0 Å². The fourth-order valence-electron chi connectivity index (χ4n) is 3.81. The van der Waals surface area contributed by atoms with Crippen molar-refractivity contribution in [1.29, 1.82) is 0 Å². The van der Waals surface area contributed by atoms with Crippen molar-refractivity contribution < 1.29 is 4.79 Å². The molecule has 22 heavy (non-hydrogen) atoms. The molecule has 0 radical (unpaired) electrons. The van der Waals surface area contributed by atoms with E-state index in [9.17, 15) is 4.79 Å². The van der Waals surface area contributed by atoms with E-state index in [0.717, 1.165) is 47.5 Å². The number of aromatic nitrogens is 2. The van der Waals surface area contributed by atoms with Gasteiger partial charge in [-0.2, -0.15) is 0 Å².